The Hall–Kier alpha value is -0.900. The van der Waals surface area contributed by atoms with Gasteiger partial charge in [-0.2, -0.15) is 11.3 Å². The van der Waals surface area contributed by atoms with Crippen LogP contribution >= 0.6 is 22.9 Å². The van der Waals surface area contributed by atoms with Crippen molar-refractivity contribution in [2.45, 2.75) is 19.9 Å². The number of nitrogens with two attached hydrogens (primary N) is 1. The van der Waals surface area contributed by atoms with Crippen molar-refractivity contribution in [2.24, 2.45) is 5.73 Å². The summed E-state index contributed by atoms with van der Waals surface area (Å²) >= 11 is 7.65. The van der Waals surface area contributed by atoms with Crippen molar-refractivity contribution in [1.82, 2.24) is 0 Å². The number of aryl methyl sites for hydroxylation is 2. The first-order chi connectivity index (χ1) is 8.00. The molecule has 0 saturated heterocycles. The summed E-state index contributed by atoms with van der Waals surface area (Å²) in [6.45, 7) is 3.72. The van der Waals surface area contributed by atoms with Crippen LogP contribution in [0.1, 0.15) is 28.3 Å². The molecule has 90 valence electrons. The van der Waals surface area contributed by atoms with Crippen LogP contribution in [0.3, 0.4) is 0 Å². The smallest absolute Gasteiger partial charge is 0.127 e. The molecule has 0 aliphatic heterocycles. The lowest BCUT2D eigenvalue weighted by atomic mass is 9.98. The van der Waals surface area contributed by atoms with Gasteiger partial charge >= 0.3 is 0 Å². The van der Waals surface area contributed by atoms with Gasteiger partial charge in [0, 0.05) is 5.02 Å². The molecule has 1 nitrogen and oxygen atoms in total. The van der Waals surface area contributed by atoms with E-state index in [1.54, 1.807) is 24.3 Å². The van der Waals surface area contributed by atoms with Crippen LogP contribution in [0.5, 0.6) is 0 Å². The Morgan fingerprint density at radius 1 is 1.18 bits per heavy atom. The van der Waals surface area contributed by atoms with Gasteiger partial charge in [-0.3, -0.25) is 0 Å². The highest BCUT2D eigenvalue weighted by atomic mass is 35.5. The highest BCUT2D eigenvalue weighted by Crippen LogP contribution is 2.31. The van der Waals surface area contributed by atoms with Gasteiger partial charge in [0.1, 0.15) is 5.82 Å². The molecule has 0 aliphatic rings. The Balaban J connectivity index is 2.48. The molecule has 17 heavy (non-hydrogen) atoms. The second-order valence-corrected chi connectivity index (χ2v) is 5.26. The second kappa shape index (κ2) is 4.77. The van der Waals surface area contributed by atoms with Gasteiger partial charge in [0.05, 0.1) is 6.04 Å². The van der Waals surface area contributed by atoms with E-state index in [1.807, 2.05) is 17.7 Å². The minimum Gasteiger partial charge on any atom is -0.320 e. The second-order valence-electron chi connectivity index (χ2n) is 4.11. The fourth-order valence-corrected chi connectivity index (χ4v) is 2.93. The summed E-state index contributed by atoms with van der Waals surface area (Å²) in [6.07, 6.45) is 0. The third-order valence-electron chi connectivity index (χ3n) is 2.84. The molecule has 0 spiro atoms. The predicted octanol–water partition coefficient (Wildman–Crippen LogP) is 4.21. The molecule has 0 fully saturated rings. The topological polar surface area (TPSA) is 26.0 Å². The van der Waals surface area contributed by atoms with Crippen molar-refractivity contribution in [3.05, 3.63) is 56.0 Å². The van der Waals surface area contributed by atoms with Crippen LogP contribution in [0.25, 0.3) is 0 Å². The Kier molecular flexibility index (Phi) is 3.52. The number of hydrogen-bond donors (Lipinski definition) is 1. The number of halogens is 2. The van der Waals surface area contributed by atoms with Gasteiger partial charge < -0.3 is 5.73 Å². The molecule has 2 N–H and O–H groups in total. The van der Waals surface area contributed by atoms with Gasteiger partial charge in [-0.1, -0.05) is 11.6 Å². The summed E-state index contributed by atoms with van der Waals surface area (Å²) in [5.41, 5.74) is 9.70. The zero-order chi connectivity index (χ0) is 12.6. The predicted molar refractivity (Wildman–Crippen MR) is 71.2 cm³/mol. The molecule has 1 unspecified atom stereocenters. The molecule has 0 saturated carbocycles. The van der Waals surface area contributed by atoms with Gasteiger partial charge in [0.15, 0.2) is 0 Å². The van der Waals surface area contributed by atoms with Crippen LogP contribution in [0.4, 0.5) is 4.39 Å². The molecule has 2 rings (SSSR count). The van der Waals surface area contributed by atoms with Crippen LogP contribution in [-0.4, -0.2) is 0 Å². The van der Waals surface area contributed by atoms with Crippen LogP contribution in [0.2, 0.25) is 5.02 Å². The summed E-state index contributed by atoms with van der Waals surface area (Å²) in [5, 5.41) is 4.43. The maximum absolute atomic E-state index is 13.3. The van der Waals surface area contributed by atoms with E-state index in [0.29, 0.717) is 10.6 Å². The van der Waals surface area contributed by atoms with E-state index in [2.05, 4.69) is 0 Å². The summed E-state index contributed by atoms with van der Waals surface area (Å²) < 4.78 is 13.3. The van der Waals surface area contributed by atoms with Gasteiger partial charge in [0.2, 0.25) is 0 Å². The van der Waals surface area contributed by atoms with Crippen molar-refractivity contribution in [3.8, 4) is 0 Å². The Bertz CT molecular complexity index is 550. The van der Waals surface area contributed by atoms with Gasteiger partial charge in [-0.05, 0) is 59.0 Å². The molecule has 0 amide bonds. The molecule has 1 heterocycles. The van der Waals surface area contributed by atoms with E-state index in [-0.39, 0.29) is 11.9 Å². The maximum Gasteiger partial charge on any atom is 0.127 e. The fourth-order valence-electron chi connectivity index (χ4n) is 1.77. The molecule has 1 aromatic carbocycles. The Labute approximate surface area is 109 Å². The average Bonchev–Trinajstić information content (AvgIpc) is 2.69. The molecular weight excluding hydrogens is 257 g/mol. The van der Waals surface area contributed by atoms with Crippen molar-refractivity contribution >= 4 is 22.9 Å². The lowest BCUT2D eigenvalue weighted by Crippen LogP contribution is -2.13. The molecule has 1 atom stereocenters. The van der Waals surface area contributed by atoms with Crippen LogP contribution in [0, 0.1) is 19.7 Å². The van der Waals surface area contributed by atoms with Crippen LogP contribution < -0.4 is 5.73 Å². The van der Waals surface area contributed by atoms with Crippen molar-refractivity contribution < 1.29 is 4.39 Å². The minimum atomic E-state index is -0.298. The molecule has 2 aromatic rings. The third-order valence-corrected chi connectivity index (χ3v) is 4.05. The van der Waals surface area contributed by atoms with E-state index in [4.69, 9.17) is 17.3 Å². The quantitative estimate of drug-likeness (QED) is 0.869. The first-order valence-electron chi connectivity index (χ1n) is 5.24. The van der Waals surface area contributed by atoms with Gasteiger partial charge in [-0.15, -0.1) is 0 Å². The Morgan fingerprint density at radius 3 is 2.47 bits per heavy atom. The number of rotatable bonds is 2. The molecular formula is C13H13ClFNS. The zero-order valence-corrected chi connectivity index (χ0v) is 11.2. The highest BCUT2D eigenvalue weighted by molar-refractivity contribution is 7.08. The number of benzene rings is 1. The normalized spacial score (nSPS) is 12.8. The summed E-state index contributed by atoms with van der Waals surface area (Å²) in [4.78, 5) is 0. The standard InChI is InChI=1S/C13H13ClFNS/c1-7-3-9(11(14)4-12(7)15)13(16)10-6-17-5-8(10)2/h3-6,13H,16H2,1-2H3. The average molecular weight is 270 g/mol. The van der Waals surface area contributed by atoms with Crippen LogP contribution in [0.15, 0.2) is 22.9 Å². The fraction of sp³-hybridized carbons (Fsp3) is 0.231. The summed E-state index contributed by atoms with van der Waals surface area (Å²) in [5.74, 6) is -0.298. The first-order valence-corrected chi connectivity index (χ1v) is 6.56. The summed E-state index contributed by atoms with van der Waals surface area (Å²) in [6, 6.07) is 2.75. The highest BCUT2D eigenvalue weighted by Gasteiger charge is 2.16. The number of hydrogen-bond acceptors (Lipinski definition) is 2. The SMILES string of the molecule is Cc1cc(C(N)c2cscc2C)c(Cl)cc1F. The Morgan fingerprint density at radius 2 is 1.88 bits per heavy atom. The molecule has 0 bridgehead atoms. The lowest BCUT2D eigenvalue weighted by molar-refractivity contribution is 0.617. The monoisotopic (exact) mass is 269 g/mol. The largest absolute Gasteiger partial charge is 0.320 e. The molecule has 4 heteroatoms. The summed E-state index contributed by atoms with van der Waals surface area (Å²) in [7, 11) is 0. The first kappa shape index (κ1) is 12.6. The van der Waals surface area contributed by atoms with Gasteiger partial charge in [-0.25, -0.2) is 4.39 Å². The van der Waals surface area contributed by atoms with Crippen molar-refractivity contribution in [2.75, 3.05) is 0 Å². The van der Waals surface area contributed by atoms with Gasteiger partial charge in [0.25, 0.3) is 0 Å². The third kappa shape index (κ3) is 2.37. The van der Waals surface area contributed by atoms with Crippen molar-refractivity contribution in [1.29, 1.82) is 0 Å². The van der Waals surface area contributed by atoms with E-state index < -0.39 is 0 Å². The van der Waals surface area contributed by atoms with E-state index in [0.717, 1.165) is 16.7 Å². The van der Waals surface area contributed by atoms with E-state index in [9.17, 15) is 4.39 Å². The molecule has 0 aliphatic carbocycles. The van der Waals surface area contributed by atoms with E-state index in [1.165, 1.54) is 6.07 Å². The number of thiophene rings is 1. The maximum atomic E-state index is 13.3. The minimum absolute atomic E-state index is 0.298. The lowest BCUT2D eigenvalue weighted by Gasteiger charge is -2.15. The zero-order valence-electron chi connectivity index (χ0n) is 9.63. The molecule has 0 radical (unpaired) electrons. The molecule has 1 aromatic heterocycles. The van der Waals surface area contributed by atoms with Crippen molar-refractivity contribution in [3.63, 3.8) is 0 Å². The van der Waals surface area contributed by atoms with E-state index >= 15 is 0 Å². The van der Waals surface area contributed by atoms with Crippen LogP contribution in [-0.2, 0) is 0 Å².